The SMILES string of the molecule is CC(C)(C)[C@H](NC(=O)C(F)(F)F)C(=O)N1C[C@H]2[C@@H]([C@H]1C(=O)NC(C(N)=O)c1cncc3cnccc13)C2(C)C. The van der Waals surface area contributed by atoms with Gasteiger partial charge in [0.2, 0.25) is 17.7 Å². The van der Waals surface area contributed by atoms with Crippen molar-refractivity contribution in [3.63, 3.8) is 0 Å². The number of nitrogens with zero attached hydrogens (tertiary/aromatic N) is 3. The summed E-state index contributed by atoms with van der Waals surface area (Å²) >= 11 is 0. The molecule has 0 spiro atoms. The van der Waals surface area contributed by atoms with Crippen LogP contribution in [0.1, 0.15) is 46.2 Å². The van der Waals surface area contributed by atoms with E-state index < -0.39 is 53.3 Å². The van der Waals surface area contributed by atoms with Crippen molar-refractivity contribution >= 4 is 34.4 Å². The molecule has 1 aliphatic carbocycles. The van der Waals surface area contributed by atoms with Gasteiger partial charge < -0.3 is 21.3 Å². The number of carbonyl (C=O) groups is 4. The van der Waals surface area contributed by atoms with Crippen LogP contribution in [0, 0.1) is 22.7 Å². The van der Waals surface area contributed by atoms with Crippen LogP contribution in [0.4, 0.5) is 13.2 Å². The second kappa shape index (κ2) is 9.45. The molecule has 1 saturated heterocycles. The van der Waals surface area contributed by atoms with E-state index in [-0.39, 0.29) is 23.8 Å². The Bertz CT molecular complexity index is 1330. The normalized spacial score (nSPS) is 23.5. The number of hydrogen-bond donors (Lipinski definition) is 3. The van der Waals surface area contributed by atoms with Gasteiger partial charge in [-0.25, -0.2) is 0 Å². The Morgan fingerprint density at radius 3 is 2.31 bits per heavy atom. The third-order valence-electron chi connectivity index (χ3n) is 7.88. The molecule has 39 heavy (non-hydrogen) atoms. The molecule has 10 nitrogen and oxygen atoms in total. The van der Waals surface area contributed by atoms with Crippen molar-refractivity contribution in [2.24, 2.45) is 28.4 Å². The molecule has 4 rings (SSSR count). The predicted molar refractivity (Wildman–Crippen MR) is 133 cm³/mol. The van der Waals surface area contributed by atoms with E-state index in [9.17, 15) is 32.3 Å². The minimum absolute atomic E-state index is 0.0894. The maximum absolute atomic E-state index is 13.8. The first-order chi connectivity index (χ1) is 18.0. The minimum Gasteiger partial charge on any atom is -0.368 e. The predicted octanol–water partition coefficient (Wildman–Crippen LogP) is 1.85. The van der Waals surface area contributed by atoms with Crippen molar-refractivity contribution in [3.05, 3.63) is 36.4 Å². The van der Waals surface area contributed by atoms with E-state index in [1.54, 1.807) is 18.5 Å². The monoisotopic (exact) mass is 548 g/mol. The van der Waals surface area contributed by atoms with Gasteiger partial charge in [-0.1, -0.05) is 34.6 Å². The highest BCUT2D eigenvalue weighted by atomic mass is 19.4. The zero-order chi connectivity index (χ0) is 29.1. The van der Waals surface area contributed by atoms with Gasteiger partial charge in [-0.2, -0.15) is 13.2 Å². The Labute approximate surface area is 222 Å². The molecular weight excluding hydrogens is 517 g/mol. The maximum Gasteiger partial charge on any atom is 0.471 e. The third kappa shape index (κ3) is 5.13. The molecule has 1 unspecified atom stereocenters. The van der Waals surface area contributed by atoms with E-state index in [0.29, 0.717) is 16.3 Å². The highest BCUT2D eigenvalue weighted by Gasteiger charge is 2.70. The van der Waals surface area contributed by atoms with E-state index in [0.717, 1.165) is 0 Å². The summed E-state index contributed by atoms with van der Waals surface area (Å²) in [7, 11) is 0. The molecule has 2 aliphatic rings. The van der Waals surface area contributed by atoms with Gasteiger partial charge in [0, 0.05) is 42.3 Å². The molecule has 210 valence electrons. The number of primary amides is 1. The van der Waals surface area contributed by atoms with Gasteiger partial charge in [-0.3, -0.25) is 29.1 Å². The Balaban J connectivity index is 1.66. The number of nitrogens with two attached hydrogens (primary N) is 1. The number of alkyl halides is 3. The van der Waals surface area contributed by atoms with Crippen molar-refractivity contribution in [2.45, 2.75) is 58.9 Å². The van der Waals surface area contributed by atoms with Crippen molar-refractivity contribution in [3.8, 4) is 0 Å². The lowest BCUT2D eigenvalue weighted by molar-refractivity contribution is -0.176. The van der Waals surface area contributed by atoms with Crippen LogP contribution >= 0.6 is 0 Å². The zero-order valence-electron chi connectivity index (χ0n) is 22.2. The number of amides is 4. The van der Waals surface area contributed by atoms with Crippen molar-refractivity contribution < 1.29 is 32.3 Å². The highest BCUT2D eigenvalue weighted by molar-refractivity contribution is 5.98. The molecule has 4 N–H and O–H groups in total. The lowest BCUT2D eigenvalue weighted by atomic mass is 9.85. The van der Waals surface area contributed by atoms with Crippen LogP contribution in [0.25, 0.3) is 10.8 Å². The first-order valence-electron chi connectivity index (χ1n) is 12.4. The number of nitrogens with one attached hydrogen (secondary N) is 2. The lowest BCUT2D eigenvalue weighted by Crippen LogP contribution is -2.61. The maximum atomic E-state index is 13.8. The quantitative estimate of drug-likeness (QED) is 0.502. The summed E-state index contributed by atoms with van der Waals surface area (Å²) in [5.74, 6) is -4.98. The van der Waals surface area contributed by atoms with E-state index in [2.05, 4.69) is 15.3 Å². The second-order valence-corrected chi connectivity index (χ2v) is 11.8. The van der Waals surface area contributed by atoms with Crippen LogP contribution in [0.2, 0.25) is 0 Å². The molecule has 2 fully saturated rings. The van der Waals surface area contributed by atoms with Gasteiger partial charge >= 0.3 is 12.1 Å². The van der Waals surface area contributed by atoms with Crippen LogP contribution in [-0.2, 0) is 19.2 Å². The number of halogens is 3. The Kier molecular flexibility index (Phi) is 6.85. The average molecular weight is 549 g/mol. The van der Waals surface area contributed by atoms with Crippen LogP contribution in [0.15, 0.2) is 30.9 Å². The topological polar surface area (TPSA) is 147 Å². The molecular formula is C26H31F3N6O4. The number of piperidine rings is 1. The Morgan fingerprint density at radius 1 is 1.08 bits per heavy atom. The number of fused-ring (bicyclic) bond motifs is 2. The number of hydrogen-bond acceptors (Lipinski definition) is 6. The fraction of sp³-hybridized carbons (Fsp3) is 0.538. The zero-order valence-corrected chi connectivity index (χ0v) is 22.2. The molecule has 0 aromatic carbocycles. The van der Waals surface area contributed by atoms with E-state index >= 15 is 0 Å². The summed E-state index contributed by atoms with van der Waals surface area (Å²) in [5.41, 5.74) is 4.59. The molecule has 5 atom stereocenters. The molecule has 2 aromatic rings. The van der Waals surface area contributed by atoms with Crippen molar-refractivity contribution in [2.75, 3.05) is 6.54 Å². The molecule has 1 aliphatic heterocycles. The van der Waals surface area contributed by atoms with E-state index in [1.165, 1.54) is 38.1 Å². The molecule has 1 saturated carbocycles. The molecule has 13 heteroatoms. The lowest BCUT2D eigenvalue weighted by Gasteiger charge is -2.38. The number of carbonyl (C=O) groups excluding carboxylic acids is 4. The number of aromatic nitrogens is 2. The van der Waals surface area contributed by atoms with Crippen LogP contribution in [-0.4, -0.2) is 63.3 Å². The van der Waals surface area contributed by atoms with Crippen molar-refractivity contribution in [1.82, 2.24) is 25.5 Å². The van der Waals surface area contributed by atoms with Crippen LogP contribution in [0.5, 0.6) is 0 Å². The smallest absolute Gasteiger partial charge is 0.368 e. The van der Waals surface area contributed by atoms with Gasteiger partial charge in [-0.15, -0.1) is 0 Å². The van der Waals surface area contributed by atoms with Crippen LogP contribution in [0.3, 0.4) is 0 Å². The summed E-state index contributed by atoms with van der Waals surface area (Å²) < 4.78 is 39.2. The fourth-order valence-electron chi connectivity index (χ4n) is 5.64. The summed E-state index contributed by atoms with van der Waals surface area (Å²) in [4.78, 5) is 61.1. The van der Waals surface area contributed by atoms with Gasteiger partial charge in [0.25, 0.3) is 0 Å². The molecule has 0 radical (unpaired) electrons. The number of rotatable bonds is 6. The Hall–Kier alpha value is -3.77. The first kappa shape index (κ1) is 28.2. The van der Waals surface area contributed by atoms with Gasteiger partial charge in [0.05, 0.1) is 0 Å². The second-order valence-electron chi connectivity index (χ2n) is 11.8. The van der Waals surface area contributed by atoms with E-state index in [1.807, 2.05) is 19.2 Å². The molecule has 2 aromatic heterocycles. The fourth-order valence-corrected chi connectivity index (χ4v) is 5.64. The molecule has 3 heterocycles. The summed E-state index contributed by atoms with van der Waals surface area (Å²) in [6, 6.07) is -2.28. The average Bonchev–Trinajstić information content (AvgIpc) is 3.16. The molecule has 4 amide bonds. The van der Waals surface area contributed by atoms with E-state index in [4.69, 9.17) is 5.73 Å². The van der Waals surface area contributed by atoms with Gasteiger partial charge in [0.15, 0.2) is 0 Å². The van der Waals surface area contributed by atoms with Crippen molar-refractivity contribution in [1.29, 1.82) is 0 Å². The third-order valence-corrected chi connectivity index (χ3v) is 7.88. The van der Waals surface area contributed by atoms with Crippen LogP contribution < -0.4 is 16.4 Å². The first-order valence-corrected chi connectivity index (χ1v) is 12.4. The highest BCUT2D eigenvalue weighted by Crippen LogP contribution is 2.65. The number of pyridine rings is 2. The molecule has 0 bridgehead atoms. The summed E-state index contributed by atoms with van der Waals surface area (Å²) in [6.07, 6.45) is 0.820. The minimum atomic E-state index is -5.19. The number of likely N-dealkylation sites (tertiary alicyclic amines) is 1. The van der Waals surface area contributed by atoms with Gasteiger partial charge in [-0.05, 0) is 34.1 Å². The standard InChI is InChI=1S/C26H31F3N6O4/c1-24(2,3)19(34-23(39)26(27,28)29)22(38)35-11-15-16(25(15,4)5)18(35)21(37)33-17(20(30)36)14-10-32-9-12-8-31-7-6-13(12)14/h6-10,15-19H,11H2,1-5H3,(H2,30,36)(H,33,37)(H,34,39)/t15-,16-,17?,18-,19+/m0/s1. The summed E-state index contributed by atoms with van der Waals surface area (Å²) in [5, 5.41) is 5.68. The largest absolute Gasteiger partial charge is 0.471 e. The Morgan fingerprint density at radius 2 is 1.72 bits per heavy atom. The van der Waals surface area contributed by atoms with Gasteiger partial charge in [0.1, 0.15) is 18.1 Å². The summed E-state index contributed by atoms with van der Waals surface area (Å²) in [6.45, 7) is 8.55.